The van der Waals surface area contributed by atoms with Gasteiger partial charge in [-0.1, -0.05) is 0 Å². The molecule has 1 atom stereocenters. The van der Waals surface area contributed by atoms with Crippen molar-refractivity contribution in [2.75, 3.05) is 26.7 Å². The Bertz CT molecular complexity index is 638. The van der Waals surface area contributed by atoms with Crippen LogP contribution in [0, 0.1) is 29.2 Å². The van der Waals surface area contributed by atoms with Crippen LogP contribution in [0.25, 0.3) is 0 Å². The van der Waals surface area contributed by atoms with Crippen molar-refractivity contribution in [1.82, 2.24) is 9.62 Å². The highest BCUT2D eigenvalue weighted by Gasteiger charge is 2.36. The van der Waals surface area contributed by atoms with Crippen LogP contribution in [0.4, 0.5) is 17.6 Å². The van der Waals surface area contributed by atoms with E-state index in [1.54, 1.807) is 7.05 Å². The average molecular weight is 340 g/mol. The Balaban J connectivity index is 2.43. The number of nitrogens with one attached hydrogen (secondary N) is 1. The summed E-state index contributed by atoms with van der Waals surface area (Å²) >= 11 is 0. The highest BCUT2D eigenvalue weighted by Crippen LogP contribution is 2.29. The normalized spacial score (nSPS) is 20.3. The fourth-order valence-electron chi connectivity index (χ4n) is 2.61. The van der Waals surface area contributed by atoms with Gasteiger partial charge in [-0.15, -0.1) is 0 Å². The second-order valence-corrected chi connectivity index (χ2v) is 7.10. The first-order chi connectivity index (χ1) is 10.3. The predicted molar refractivity (Wildman–Crippen MR) is 71.7 cm³/mol. The van der Waals surface area contributed by atoms with Gasteiger partial charge in [-0.25, -0.2) is 26.0 Å². The lowest BCUT2D eigenvalue weighted by Gasteiger charge is -2.32. The molecule has 0 spiro atoms. The summed E-state index contributed by atoms with van der Waals surface area (Å²) in [6.45, 7) is 0.633. The predicted octanol–water partition coefficient (Wildman–Crippen LogP) is 1.86. The van der Waals surface area contributed by atoms with Crippen molar-refractivity contribution in [2.45, 2.75) is 17.7 Å². The molecule has 1 unspecified atom stereocenters. The molecule has 0 aliphatic carbocycles. The molecule has 0 saturated carbocycles. The number of rotatable bonds is 4. The van der Waals surface area contributed by atoms with Crippen molar-refractivity contribution in [3.63, 3.8) is 0 Å². The van der Waals surface area contributed by atoms with Gasteiger partial charge in [0.1, 0.15) is 0 Å². The molecule has 0 bridgehead atoms. The topological polar surface area (TPSA) is 49.4 Å². The van der Waals surface area contributed by atoms with E-state index in [1.165, 1.54) is 0 Å². The standard InChI is InChI=1S/C13H16F4N2O2S/c1-18-6-8-3-2-4-19(7-8)22(20,21)13-11(16)9(14)5-10(15)12(13)17/h5,8,18H,2-4,6-7H2,1H3. The van der Waals surface area contributed by atoms with Crippen molar-refractivity contribution in [2.24, 2.45) is 5.92 Å². The first kappa shape index (κ1) is 17.2. The van der Waals surface area contributed by atoms with E-state index in [4.69, 9.17) is 0 Å². The van der Waals surface area contributed by atoms with Crippen molar-refractivity contribution in [3.8, 4) is 0 Å². The van der Waals surface area contributed by atoms with Crippen LogP contribution in [0.2, 0.25) is 0 Å². The summed E-state index contributed by atoms with van der Waals surface area (Å²) in [7, 11) is -2.94. The van der Waals surface area contributed by atoms with Gasteiger partial charge in [0.25, 0.3) is 0 Å². The van der Waals surface area contributed by atoms with E-state index < -0.39 is 38.2 Å². The van der Waals surface area contributed by atoms with E-state index in [1.807, 2.05) is 0 Å². The number of sulfonamides is 1. The third-order valence-electron chi connectivity index (χ3n) is 3.64. The molecular formula is C13H16F4N2O2S. The third-order valence-corrected chi connectivity index (χ3v) is 5.53. The summed E-state index contributed by atoms with van der Waals surface area (Å²) < 4.78 is 79.6. The maximum Gasteiger partial charge on any atom is 0.249 e. The third kappa shape index (κ3) is 3.11. The molecule has 1 aliphatic rings. The monoisotopic (exact) mass is 340 g/mol. The fourth-order valence-corrected chi connectivity index (χ4v) is 4.29. The second kappa shape index (κ2) is 6.51. The summed E-state index contributed by atoms with van der Waals surface area (Å²) in [4.78, 5) is -1.56. The van der Waals surface area contributed by atoms with Crippen LogP contribution < -0.4 is 5.32 Å². The largest absolute Gasteiger partial charge is 0.319 e. The van der Waals surface area contributed by atoms with E-state index >= 15 is 0 Å². The SMILES string of the molecule is CNCC1CCCN(S(=O)(=O)c2c(F)c(F)cc(F)c2F)C1. The maximum atomic E-state index is 13.7. The molecule has 2 rings (SSSR count). The first-order valence-corrected chi connectivity index (χ1v) is 8.20. The Kier molecular flexibility index (Phi) is 5.08. The van der Waals surface area contributed by atoms with Gasteiger partial charge < -0.3 is 5.32 Å². The average Bonchev–Trinajstić information content (AvgIpc) is 2.46. The van der Waals surface area contributed by atoms with Crippen LogP contribution >= 0.6 is 0 Å². The summed E-state index contributed by atoms with van der Waals surface area (Å²) in [5, 5.41) is 2.90. The van der Waals surface area contributed by atoms with Gasteiger partial charge in [0.05, 0.1) is 0 Å². The lowest BCUT2D eigenvalue weighted by molar-refractivity contribution is 0.261. The highest BCUT2D eigenvalue weighted by atomic mass is 32.2. The molecular weight excluding hydrogens is 324 g/mol. The van der Waals surface area contributed by atoms with Crippen LogP contribution in [-0.2, 0) is 10.0 Å². The molecule has 9 heteroatoms. The Labute approximate surface area is 126 Å². The van der Waals surface area contributed by atoms with Crippen LogP contribution in [0.1, 0.15) is 12.8 Å². The number of benzene rings is 1. The van der Waals surface area contributed by atoms with Crippen molar-refractivity contribution in [3.05, 3.63) is 29.3 Å². The van der Waals surface area contributed by atoms with Gasteiger partial charge >= 0.3 is 0 Å². The van der Waals surface area contributed by atoms with E-state index in [2.05, 4.69) is 5.32 Å². The minimum atomic E-state index is -4.64. The Morgan fingerprint density at radius 2 is 1.82 bits per heavy atom. The van der Waals surface area contributed by atoms with E-state index in [0.29, 0.717) is 13.0 Å². The lowest BCUT2D eigenvalue weighted by Crippen LogP contribution is -2.43. The molecule has 124 valence electrons. The summed E-state index contributed by atoms with van der Waals surface area (Å²) in [5.74, 6) is -7.29. The van der Waals surface area contributed by atoms with Crippen LogP contribution in [-0.4, -0.2) is 39.4 Å². The smallest absolute Gasteiger partial charge is 0.249 e. The molecule has 1 fully saturated rings. The highest BCUT2D eigenvalue weighted by molar-refractivity contribution is 7.89. The molecule has 4 nitrogen and oxygen atoms in total. The van der Waals surface area contributed by atoms with Crippen molar-refractivity contribution in [1.29, 1.82) is 0 Å². The van der Waals surface area contributed by atoms with Gasteiger partial charge in [-0.3, -0.25) is 0 Å². The van der Waals surface area contributed by atoms with E-state index in [-0.39, 0.29) is 25.1 Å². The zero-order chi connectivity index (χ0) is 16.5. The molecule has 22 heavy (non-hydrogen) atoms. The van der Waals surface area contributed by atoms with Crippen molar-refractivity contribution < 1.29 is 26.0 Å². The molecule has 1 heterocycles. The number of piperidine rings is 1. The van der Waals surface area contributed by atoms with E-state index in [9.17, 15) is 26.0 Å². The quantitative estimate of drug-likeness (QED) is 0.672. The maximum absolute atomic E-state index is 13.7. The molecule has 0 amide bonds. The summed E-state index contributed by atoms with van der Waals surface area (Å²) in [6.07, 6.45) is 1.27. The zero-order valence-corrected chi connectivity index (χ0v) is 12.7. The summed E-state index contributed by atoms with van der Waals surface area (Å²) in [6, 6.07) is -0.0102. The van der Waals surface area contributed by atoms with E-state index in [0.717, 1.165) is 10.7 Å². The van der Waals surface area contributed by atoms with Gasteiger partial charge in [0, 0.05) is 19.2 Å². The number of hydrogen-bond acceptors (Lipinski definition) is 3. The summed E-state index contributed by atoms with van der Waals surface area (Å²) in [5.41, 5.74) is 0. The van der Waals surface area contributed by atoms with Crippen LogP contribution in [0.15, 0.2) is 11.0 Å². The Morgan fingerprint density at radius 3 is 2.36 bits per heavy atom. The van der Waals surface area contributed by atoms with Gasteiger partial charge in [-0.05, 0) is 32.4 Å². The zero-order valence-electron chi connectivity index (χ0n) is 11.9. The van der Waals surface area contributed by atoms with Gasteiger partial charge in [0.2, 0.25) is 10.0 Å². The number of nitrogens with zero attached hydrogens (tertiary/aromatic N) is 1. The van der Waals surface area contributed by atoms with Gasteiger partial charge in [-0.2, -0.15) is 4.31 Å². The molecule has 1 aromatic rings. The van der Waals surface area contributed by atoms with Crippen LogP contribution in [0.3, 0.4) is 0 Å². The Hall–Kier alpha value is -1.19. The number of hydrogen-bond donors (Lipinski definition) is 1. The van der Waals surface area contributed by atoms with Crippen LogP contribution in [0.5, 0.6) is 0 Å². The molecule has 0 radical (unpaired) electrons. The van der Waals surface area contributed by atoms with Crippen molar-refractivity contribution >= 4 is 10.0 Å². The lowest BCUT2D eigenvalue weighted by atomic mass is 10.00. The second-order valence-electron chi connectivity index (χ2n) is 5.23. The first-order valence-electron chi connectivity index (χ1n) is 6.76. The molecule has 0 aromatic heterocycles. The van der Waals surface area contributed by atoms with Gasteiger partial charge in [0.15, 0.2) is 28.2 Å². The fraction of sp³-hybridized carbons (Fsp3) is 0.538. The molecule has 1 N–H and O–H groups in total. The Morgan fingerprint density at radius 1 is 1.23 bits per heavy atom. The minimum absolute atomic E-state index is 0.0102. The molecule has 1 aromatic carbocycles. The molecule has 1 saturated heterocycles. The molecule has 1 aliphatic heterocycles. The number of halogens is 4. The minimum Gasteiger partial charge on any atom is -0.319 e.